The molecule has 0 unspecified atom stereocenters. The van der Waals surface area contributed by atoms with Gasteiger partial charge in [-0.15, -0.1) is 0 Å². The van der Waals surface area contributed by atoms with Gasteiger partial charge in [-0.2, -0.15) is 9.34 Å². The molecule has 0 fully saturated rings. The summed E-state index contributed by atoms with van der Waals surface area (Å²) in [6.07, 6.45) is 1.22. The van der Waals surface area contributed by atoms with E-state index in [0.29, 0.717) is 0 Å². The highest BCUT2D eigenvalue weighted by Gasteiger charge is 2.48. The number of halogens is 1. The van der Waals surface area contributed by atoms with E-state index >= 15 is 0 Å². The second-order valence-corrected chi connectivity index (χ2v) is 8.40. The molecule has 20 heavy (non-hydrogen) atoms. The standard InChI is InChI=1S/C16H30N2P.HI/c1-6-17(7-2)19(10-5,18(8-3)9-4)16-14-12-11-13-15-16;/h11-15H,6-10H2,1-5H3;1H/q+1;/p-1. The lowest BCUT2D eigenvalue weighted by atomic mass is 10.4. The summed E-state index contributed by atoms with van der Waals surface area (Å²) in [6, 6.07) is 11.2. The molecule has 0 amide bonds. The molecule has 0 aliphatic carbocycles. The Balaban J connectivity index is 0.00000361. The molecule has 0 bridgehead atoms. The SMILES string of the molecule is CCN(CC)[P+](CC)(c1ccccc1)N(CC)CC.[I-]. The van der Waals surface area contributed by atoms with Crippen LogP contribution in [-0.4, -0.2) is 41.7 Å². The highest BCUT2D eigenvalue weighted by atomic mass is 127. The largest absolute Gasteiger partial charge is 1.00 e. The van der Waals surface area contributed by atoms with Gasteiger partial charge in [-0.25, -0.2) is 0 Å². The minimum absolute atomic E-state index is 0. The van der Waals surface area contributed by atoms with Gasteiger partial charge in [-0.05, 0) is 46.8 Å². The second-order valence-electron chi connectivity index (χ2n) is 4.66. The maximum absolute atomic E-state index is 2.70. The first-order valence-electron chi connectivity index (χ1n) is 7.65. The summed E-state index contributed by atoms with van der Waals surface area (Å²) in [4.78, 5) is 0. The maximum atomic E-state index is 2.70. The van der Waals surface area contributed by atoms with Gasteiger partial charge >= 0.3 is 0 Å². The number of hydrogen-bond donors (Lipinski definition) is 0. The zero-order valence-electron chi connectivity index (χ0n) is 13.6. The van der Waals surface area contributed by atoms with Gasteiger partial charge in [-0.1, -0.05) is 18.2 Å². The Kier molecular flexibility index (Phi) is 10.2. The normalized spacial score (nSPS) is 11.8. The average Bonchev–Trinajstić information content (AvgIpc) is 2.48. The zero-order chi connectivity index (χ0) is 14.3. The van der Waals surface area contributed by atoms with Crippen molar-refractivity contribution in [2.24, 2.45) is 0 Å². The molecule has 0 radical (unpaired) electrons. The molecule has 0 atom stereocenters. The maximum Gasteiger partial charge on any atom is 0.185 e. The molecular weight excluding hydrogens is 378 g/mol. The number of hydrogen-bond acceptors (Lipinski definition) is 2. The van der Waals surface area contributed by atoms with Crippen molar-refractivity contribution in [3.05, 3.63) is 30.3 Å². The topological polar surface area (TPSA) is 6.48 Å². The molecule has 4 heteroatoms. The molecule has 0 saturated heterocycles. The minimum Gasteiger partial charge on any atom is -1.00 e. The number of rotatable bonds is 8. The van der Waals surface area contributed by atoms with Crippen LogP contribution in [0.1, 0.15) is 34.6 Å². The van der Waals surface area contributed by atoms with Crippen LogP contribution in [0.4, 0.5) is 0 Å². The van der Waals surface area contributed by atoms with Crippen LogP contribution < -0.4 is 29.3 Å². The van der Waals surface area contributed by atoms with Gasteiger partial charge in [0.15, 0.2) is 7.56 Å². The van der Waals surface area contributed by atoms with E-state index in [1.807, 2.05) is 0 Å². The summed E-state index contributed by atoms with van der Waals surface area (Å²) < 4.78 is 5.41. The van der Waals surface area contributed by atoms with E-state index in [4.69, 9.17) is 0 Å². The fourth-order valence-corrected chi connectivity index (χ4v) is 7.84. The first kappa shape index (κ1) is 20.3. The van der Waals surface area contributed by atoms with Crippen molar-refractivity contribution in [3.63, 3.8) is 0 Å². The average molecular weight is 408 g/mol. The number of nitrogens with zero attached hydrogens (tertiary/aromatic N) is 2. The van der Waals surface area contributed by atoms with Crippen molar-refractivity contribution < 1.29 is 24.0 Å². The van der Waals surface area contributed by atoms with E-state index in [1.165, 1.54) is 11.5 Å². The smallest absolute Gasteiger partial charge is 0.185 e. The summed E-state index contributed by atoms with van der Waals surface area (Å²) in [7, 11) is -1.38. The van der Waals surface area contributed by atoms with Crippen LogP contribution in [0.5, 0.6) is 0 Å². The Morgan fingerprint density at radius 1 is 0.750 bits per heavy atom. The van der Waals surface area contributed by atoms with Gasteiger partial charge in [0.05, 0.1) is 6.16 Å². The first-order valence-corrected chi connectivity index (χ1v) is 9.53. The van der Waals surface area contributed by atoms with Gasteiger partial charge in [0.25, 0.3) is 0 Å². The molecule has 0 saturated carbocycles. The van der Waals surface area contributed by atoms with Crippen LogP contribution >= 0.6 is 7.56 Å². The van der Waals surface area contributed by atoms with Crippen LogP contribution in [-0.2, 0) is 0 Å². The molecule has 0 spiro atoms. The minimum atomic E-state index is -1.38. The van der Waals surface area contributed by atoms with Crippen LogP contribution in [0, 0.1) is 0 Å². The summed E-state index contributed by atoms with van der Waals surface area (Å²) in [6.45, 7) is 16.0. The molecule has 0 aliphatic rings. The zero-order valence-corrected chi connectivity index (χ0v) is 16.7. The molecule has 0 heterocycles. The van der Waals surface area contributed by atoms with Crippen LogP contribution in [0.15, 0.2) is 30.3 Å². The Morgan fingerprint density at radius 3 is 1.45 bits per heavy atom. The van der Waals surface area contributed by atoms with Gasteiger partial charge in [0, 0.05) is 26.2 Å². The molecule has 0 aliphatic heterocycles. The molecule has 1 rings (SSSR count). The van der Waals surface area contributed by atoms with Crippen molar-refractivity contribution in [2.45, 2.75) is 34.6 Å². The Morgan fingerprint density at radius 2 is 1.15 bits per heavy atom. The summed E-state index contributed by atoms with van der Waals surface area (Å²) in [5, 5.41) is 1.53. The second kappa shape index (κ2) is 10.1. The Labute approximate surface area is 143 Å². The summed E-state index contributed by atoms with van der Waals surface area (Å²) in [5.41, 5.74) is 0. The van der Waals surface area contributed by atoms with E-state index < -0.39 is 7.56 Å². The van der Waals surface area contributed by atoms with Crippen LogP contribution in [0.25, 0.3) is 0 Å². The molecular formula is C16H30IN2P. The number of benzene rings is 1. The van der Waals surface area contributed by atoms with Crippen LogP contribution in [0.2, 0.25) is 0 Å². The fraction of sp³-hybridized carbons (Fsp3) is 0.625. The van der Waals surface area contributed by atoms with Crippen molar-refractivity contribution in [3.8, 4) is 0 Å². The highest BCUT2D eigenvalue weighted by Crippen LogP contribution is 2.62. The van der Waals surface area contributed by atoms with E-state index in [2.05, 4.69) is 74.3 Å². The lowest BCUT2D eigenvalue weighted by molar-refractivity contribution is -0.00000445. The third kappa shape index (κ3) is 3.94. The lowest BCUT2D eigenvalue weighted by Crippen LogP contribution is -3.00. The third-order valence-electron chi connectivity index (χ3n) is 4.01. The summed E-state index contributed by atoms with van der Waals surface area (Å²) >= 11 is 0. The van der Waals surface area contributed by atoms with Gasteiger partial charge in [0.1, 0.15) is 5.30 Å². The summed E-state index contributed by atoms with van der Waals surface area (Å²) in [5.74, 6) is 0. The quantitative estimate of drug-likeness (QED) is 0.466. The van der Waals surface area contributed by atoms with Gasteiger partial charge in [-0.3, -0.25) is 0 Å². The molecule has 1 aromatic carbocycles. The van der Waals surface area contributed by atoms with Crippen molar-refractivity contribution >= 4 is 12.9 Å². The monoisotopic (exact) mass is 408 g/mol. The van der Waals surface area contributed by atoms with E-state index in [0.717, 1.165) is 26.2 Å². The molecule has 0 N–H and O–H groups in total. The van der Waals surface area contributed by atoms with E-state index in [-0.39, 0.29) is 24.0 Å². The Hall–Kier alpha value is 0.300. The predicted octanol–water partition coefficient (Wildman–Crippen LogP) is 0.867. The molecule has 0 aromatic heterocycles. The predicted molar refractivity (Wildman–Crippen MR) is 89.4 cm³/mol. The fourth-order valence-electron chi connectivity index (χ4n) is 3.14. The Bertz CT molecular complexity index is 339. The molecule has 2 nitrogen and oxygen atoms in total. The molecule has 1 aromatic rings. The van der Waals surface area contributed by atoms with Crippen molar-refractivity contribution in [1.82, 2.24) is 9.34 Å². The van der Waals surface area contributed by atoms with Gasteiger partial charge < -0.3 is 24.0 Å². The highest BCUT2D eigenvalue weighted by molar-refractivity contribution is 7.78. The van der Waals surface area contributed by atoms with Crippen molar-refractivity contribution in [1.29, 1.82) is 0 Å². The van der Waals surface area contributed by atoms with Gasteiger partial charge in [0.2, 0.25) is 0 Å². The van der Waals surface area contributed by atoms with Crippen LogP contribution in [0.3, 0.4) is 0 Å². The first-order chi connectivity index (χ1) is 9.20. The molecule has 116 valence electrons. The van der Waals surface area contributed by atoms with E-state index in [9.17, 15) is 0 Å². The lowest BCUT2D eigenvalue weighted by Gasteiger charge is -2.41. The van der Waals surface area contributed by atoms with E-state index in [1.54, 1.807) is 0 Å². The third-order valence-corrected chi connectivity index (χ3v) is 9.02. The van der Waals surface area contributed by atoms with Crippen molar-refractivity contribution in [2.75, 3.05) is 32.3 Å².